The summed E-state index contributed by atoms with van der Waals surface area (Å²) in [7, 11) is 0. The van der Waals surface area contributed by atoms with Crippen LogP contribution >= 0.6 is 0 Å². The zero-order valence-corrected chi connectivity index (χ0v) is 13.1. The molecule has 1 fully saturated rings. The Hall–Kier alpha value is -2.67. The van der Waals surface area contributed by atoms with Gasteiger partial charge in [-0.1, -0.05) is 18.2 Å². The van der Waals surface area contributed by atoms with Gasteiger partial charge < -0.3 is 14.6 Å². The van der Waals surface area contributed by atoms with Gasteiger partial charge in [0.15, 0.2) is 0 Å². The predicted octanol–water partition coefficient (Wildman–Crippen LogP) is 1.17. The van der Waals surface area contributed by atoms with Gasteiger partial charge in [0.25, 0.3) is 5.56 Å². The third-order valence-corrected chi connectivity index (χ3v) is 4.44. The first-order valence-corrected chi connectivity index (χ1v) is 8.07. The van der Waals surface area contributed by atoms with Crippen LogP contribution in [-0.4, -0.2) is 39.9 Å². The van der Waals surface area contributed by atoms with Crippen LogP contribution in [0.5, 0.6) is 0 Å². The lowest BCUT2D eigenvalue weighted by Crippen LogP contribution is -2.34. The maximum atomic E-state index is 12.4. The van der Waals surface area contributed by atoms with Gasteiger partial charge in [0.1, 0.15) is 12.1 Å². The maximum Gasteiger partial charge on any atom is 0.288 e. The largest absolute Gasteiger partial charge is 0.376 e. The number of benzene rings is 1. The van der Waals surface area contributed by atoms with Gasteiger partial charge in [0.2, 0.25) is 5.91 Å². The van der Waals surface area contributed by atoms with Crippen molar-refractivity contribution in [2.24, 2.45) is 0 Å². The number of nitrogens with one attached hydrogen (secondary N) is 2. The fraction of sp³-hybridized carbons (Fsp3) is 0.353. The number of aromatic amines is 1. The summed E-state index contributed by atoms with van der Waals surface area (Å²) in [5, 5.41) is 10.9. The molecule has 0 radical (unpaired) electrons. The lowest BCUT2D eigenvalue weighted by molar-refractivity contribution is -0.122. The van der Waals surface area contributed by atoms with Crippen molar-refractivity contribution in [3.8, 4) is 0 Å². The molecule has 1 aliphatic heterocycles. The number of para-hydroxylation sites is 1. The maximum absolute atomic E-state index is 12.4. The highest BCUT2D eigenvalue weighted by atomic mass is 16.5. The molecule has 3 heterocycles. The van der Waals surface area contributed by atoms with E-state index in [0.717, 1.165) is 35.7 Å². The van der Waals surface area contributed by atoms with Crippen molar-refractivity contribution in [1.82, 2.24) is 20.1 Å². The first-order chi connectivity index (χ1) is 11.7. The molecule has 124 valence electrons. The number of H-pyrrole nitrogens is 1. The van der Waals surface area contributed by atoms with E-state index in [-0.39, 0.29) is 24.1 Å². The van der Waals surface area contributed by atoms with E-state index in [1.807, 2.05) is 24.3 Å². The van der Waals surface area contributed by atoms with E-state index in [4.69, 9.17) is 4.74 Å². The van der Waals surface area contributed by atoms with E-state index in [0.29, 0.717) is 12.1 Å². The van der Waals surface area contributed by atoms with Crippen molar-refractivity contribution >= 4 is 27.7 Å². The molecule has 2 aromatic heterocycles. The fourth-order valence-corrected chi connectivity index (χ4v) is 3.31. The van der Waals surface area contributed by atoms with Gasteiger partial charge >= 0.3 is 0 Å². The van der Waals surface area contributed by atoms with Crippen LogP contribution < -0.4 is 10.9 Å². The molecule has 3 aromatic rings. The summed E-state index contributed by atoms with van der Waals surface area (Å²) in [6.45, 7) is 1.35. The highest BCUT2D eigenvalue weighted by Crippen LogP contribution is 2.25. The second-order valence-corrected chi connectivity index (χ2v) is 6.00. The molecule has 1 aromatic carbocycles. The van der Waals surface area contributed by atoms with Crippen molar-refractivity contribution in [1.29, 1.82) is 0 Å². The number of aromatic nitrogens is 3. The average molecular weight is 326 g/mol. The summed E-state index contributed by atoms with van der Waals surface area (Å²) in [5.74, 6) is -0.135. The Morgan fingerprint density at radius 1 is 1.38 bits per heavy atom. The quantitative estimate of drug-likeness (QED) is 0.753. The molecule has 0 spiro atoms. The fourth-order valence-electron chi connectivity index (χ4n) is 3.31. The summed E-state index contributed by atoms with van der Waals surface area (Å²) >= 11 is 0. The lowest BCUT2D eigenvalue weighted by atomic mass is 10.2. The lowest BCUT2D eigenvalue weighted by Gasteiger charge is -2.12. The van der Waals surface area contributed by atoms with Crippen LogP contribution in [0.4, 0.5) is 0 Å². The van der Waals surface area contributed by atoms with Crippen molar-refractivity contribution < 1.29 is 9.53 Å². The van der Waals surface area contributed by atoms with Gasteiger partial charge in [0.05, 0.1) is 12.3 Å². The molecule has 7 nitrogen and oxygen atoms in total. The van der Waals surface area contributed by atoms with Crippen molar-refractivity contribution in [3.63, 3.8) is 0 Å². The number of nitrogens with zero attached hydrogens (tertiary/aromatic N) is 2. The van der Waals surface area contributed by atoms with Crippen molar-refractivity contribution in [2.75, 3.05) is 13.2 Å². The molecular formula is C17H18N4O3. The third-order valence-electron chi connectivity index (χ3n) is 4.44. The van der Waals surface area contributed by atoms with Crippen molar-refractivity contribution in [2.45, 2.75) is 25.5 Å². The number of rotatable bonds is 4. The highest BCUT2D eigenvalue weighted by Gasteiger charge is 2.18. The van der Waals surface area contributed by atoms with Crippen LogP contribution in [0.2, 0.25) is 0 Å². The minimum Gasteiger partial charge on any atom is -0.376 e. The molecule has 1 atom stereocenters. The molecule has 0 unspecified atom stereocenters. The van der Waals surface area contributed by atoms with E-state index in [2.05, 4.69) is 15.5 Å². The number of hydrogen-bond acceptors (Lipinski definition) is 4. The molecule has 1 amide bonds. The van der Waals surface area contributed by atoms with E-state index < -0.39 is 0 Å². The van der Waals surface area contributed by atoms with Gasteiger partial charge in [0, 0.05) is 29.4 Å². The molecule has 0 bridgehead atoms. The van der Waals surface area contributed by atoms with Crippen LogP contribution in [-0.2, 0) is 16.1 Å². The second-order valence-electron chi connectivity index (χ2n) is 6.00. The van der Waals surface area contributed by atoms with Gasteiger partial charge in [-0.2, -0.15) is 5.10 Å². The number of ether oxygens (including phenoxy) is 1. The Kier molecular flexibility index (Phi) is 3.78. The Balaban J connectivity index is 1.67. The van der Waals surface area contributed by atoms with Crippen LogP contribution in [0, 0.1) is 0 Å². The Bertz CT molecular complexity index is 953. The molecule has 24 heavy (non-hydrogen) atoms. The Labute approximate surface area is 137 Å². The Morgan fingerprint density at radius 3 is 3.08 bits per heavy atom. The molecule has 2 N–H and O–H groups in total. The van der Waals surface area contributed by atoms with Crippen LogP contribution in [0.25, 0.3) is 21.8 Å². The van der Waals surface area contributed by atoms with Crippen LogP contribution in [0.15, 0.2) is 35.3 Å². The first-order valence-electron chi connectivity index (χ1n) is 8.07. The topological polar surface area (TPSA) is 89.0 Å². The minimum atomic E-state index is -0.296. The minimum absolute atomic E-state index is 0.0871. The summed E-state index contributed by atoms with van der Waals surface area (Å²) in [4.78, 5) is 24.6. The molecule has 7 heteroatoms. The summed E-state index contributed by atoms with van der Waals surface area (Å²) in [6.07, 6.45) is 3.73. The number of hydrogen-bond donors (Lipinski definition) is 2. The van der Waals surface area contributed by atoms with Crippen LogP contribution in [0.1, 0.15) is 12.8 Å². The zero-order chi connectivity index (χ0) is 16.5. The number of amides is 1. The standard InChI is InChI=1S/C17H18N4O3/c22-15(18-8-11-4-3-7-24-11)10-21-14-6-2-1-5-12(14)13-9-19-20-17(23)16(13)21/h1-2,5-6,9,11H,3-4,7-8,10H2,(H,18,22)(H,20,23)/t11-/m1/s1. The number of fused-ring (bicyclic) bond motifs is 3. The first kappa shape index (κ1) is 14.9. The second kappa shape index (κ2) is 6.09. The summed E-state index contributed by atoms with van der Waals surface area (Å²) in [5.41, 5.74) is 1.02. The number of carbonyl (C=O) groups excluding carboxylic acids is 1. The normalized spacial score (nSPS) is 17.6. The summed E-state index contributed by atoms with van der Waals surface area (Å²) < 4.78 is 7.26. The predicted molar refractivity (Wildman–Crippen MR) is 89.8 cm³/mol. The van der Waals surface area contributed by atoms with Gasteiger partial charge in [-0.25, -0.2) is 5.10 Å². The molecular weight excluding hydrogens is 308 g/mol. The van der Waals surface area contributed by atoms with Gasteiger partial charge in [-0.05, 0) is 18.9 Å². The summed E-state index contributed by atoms with van der Waals surface area (Å²) in [6, 6.07) is 7.64. The smallest absolute Gasteiger partial charge is 0.288 e. The molecule has 4 rings (SSSR count). The number of carbonyl (C=O) groups is 1. The molecule has 0 saturated carbocycles. The van der Waals surface area contributed by atoms with Gasteiger partial charge in [-0.15, -0.1) is 0 Å². The Morgan fingerprint density at radius 2 is 2.25 bits per heavy atom. The van der Waals surface area contributed by atoms with E-state index in [1.54, 1.807) is 10.8 Å². The van der Waals surface area contributed by atoms with Crippen LogP contribution in [0.3, 0.4) is 0 Å². The molecule has 1 saturated heterocycles. The average Bonchev–Trinajstić information content (AvgIpc) is 3.21. The molecule has 1 aliphatic rings. The van der Waals surface area contributed by atoms with Gasteiger partial charge in [-0.3, -0.25) is 9.59 Å². The molecule has 0 aliphatic carbocycles. The van der Waals surface area contributed by atoms with E-state index in [1.165, 1.54) is 0 Å². The monoisotopic (exact) mass is 326 g/mol. The van der Waals surface area contributed by atoms with E-state index in [9.17, 15) is 9.59 Å². The third kappa shape index (κ3) is 2.56. The van der Waals surface area contributed by atoms with E-state index >= 15 is 0 Å². The highest BCUT2D eigenvalue weighted by molar-refractivity contribution is 6.07. The van der Waals surface area contributed by atoms with Crippen molar-refractivity contribution in [3.05, 3.63) is 40.8 Å². The zero-order valence-electron chi connectivity index (χ0n) is 13.1. The SMILES string of the molecule is O=C(Cn1c2ccccc2c2cn[nH]c(=O)c21)NC[C@H]1CCCO1.